The molecule has 1 aromatic heterocycles. The van der Waals surface area contributed by atoms with Crippen LogP contribution in [0.2, 0.25) is 5.02 Å². The van der Waals surface area contributed by atoms with Crippen molar-refractivity contribution in [2.45, 2.75) is 12.5 Å². The molecule has 2 N–H and O–H groups in total. The number of halogens is 1. The molecule has 0 saturated heterocycles. The summed E-state index contributed by atoms with van der Waals surface area (Å²) in [6.07, 6.45) is 2.34. The predicted octanol–water partition coefficient (Wildman–Crippen LogP) is 4.03. The van der Waals surface area contributed by atoms with Gasteiger partial charge in [0.05, 0.1) is 24.7 Å². The number of rotatable bonds is 3. The number of amides is 2. The molecule has 0 fully saturated rings. The average molecular weight is 411 g/mol. The molecule has 29 heavy (non-hydrogen) atoms. The average Bonchev–Trinajstić information content (AvgIpc) is 3.22. The molecule has 2 aromatic carbocycles. The van der Waals surface area contributed by atoms with Gasteiger partial charge in [-0.05, 0) is 42.0 Å². The van der Waals surface area contributed by atoms with Crippen molar-refractivity contribution in [2.24, 2.45) is 0 Å². The number of hydrogen-bond acceptors (Lipinski definition) is 4. The van der Waals surface area contributed by atoms with Crippen LogP contribution in [0.4, 0.5) is 10.5 Å². The van der Waals surface area contributed by atoms with E-state index < -0.39 is 5.97 Å². The summed E-state index contributed by atoms with van der Waals surface area (Å²) in [6, 6.07) is 13.4. The number of fused-ring (bicyclic) bond motifs is 1. The number of carbonyl (C=O) groups excluding carboxylic acids is 2. The molecular formula is C21H19ClN4O3. The van der Waals surface area contributed by atoms with E-state index in [4.69, 9.17) is 16.3 Å². The molecule has 0 aliphatic carbocycles. The molecule has 2 heterocycles. The molecule has 2 amide bonds. The first-order chi connectivity index (χ1) is 14.1. The van der Waals surface area contributed by atoms with E-state index in [-0.39, 0.29) is 12.1 Å². The Hall–Kier alpha value is -3.32. The van der Waals surface area contributed by atoms with E-state index in [0.29, 0.717) is 29.2 Å². The van der Waals surface area contributed by atoms with Gasteiger partial charge in [0.2, 0.25) is 0 Å². The van der Waals surface area contributed by atoms with Crippen molar-refractivity contribution in [3.8, 4) is 0 Å². The van der Waals surface area contributed by atoms with E-state index in [1.54, 1.807) is 47.6 Å². The molecule has 4 rings (SSSR count). The molecule has 0 bridgehead atoms. The first-order valence-corrected chi connectivity index (χ1v) is 9.48. The number of nitrogens with one attached hydrogen (secondary N) is 2. The molecule has 0 spiro atoms. The van der Waals surface area contributed by atoms with E-state index in [2.05, 4.69) is 15.3 Å². The second kappa shape index (κ2) is 7.97. The minimum atomic E-state index is -0.423. The summed E-state index contributed by atoms with van der Waals surface area (Å²) in [5, 5.41) is 3.53. The van der Waals surface area contributed by atoms with E-state index in [9.17, 15) is 9.59 Å². The summed E-state index contributed by atoms with van der Waals surface area (Å²) in [6.45, 7) is 0.536. The first kappa shape index (κ1) is 19.0. The van der Waals surface area contributed by atoms with E-state index in [0.717, 1.165) is 17.0 Å². The third kappa shape index (κ3) is 3.82. The van der Waals surface area contributed by atoms with Gasteiger partial charge in [-0.3, -0.25) is 0 Å². The summed E-state index contributed by atoms with van der Waals surface area (Å²) in [4.78, 5) is 34.0. The van der Waals surface area contributed by atoms with Gasteiger partial charge < -0.3 is 19.9 Å². The lowest BCUT2D eigenvalue weighted by Gasteiger charge is -2.35. The fourth-order valence-corrected chi connectivity index (χ4v) is 3.61. The third-order valence-electron chi connectivity index (χ3n) is 4.93. The highest BCUT2D eigenvalue weighted by Crippen LogP contribution is 2.34. The Bertz CT molecular complexity index is 1030. The van der Waals surface area contributed by atoms with Gasteiger partial charge in [-0.15, -0.1) is 0 Å². The molecular weight excluding hydrogens is 392 g/mol. The highest BCUT2D eigenvalue weighted by atomic mass is 35.5. The maximum Gasteiger partial charge on any atom is 0.337 e. The molecule has 1 aliphatic rings. The van der Waals surface area contributed by atoms with Crippen LogP contribution in [0.25, 0.3) is 0 Å². The van der Waals surface area contributed by atoms with E-state index >= 15 is 0 Å². The number of methoxy groups -OCH3 is 1. The number of aromatic amines is 1. The number of H-pyrrole nitrogens is 1. The molecule has 148 valence electrons. The molecule has 3 aromatic rings. The molecule has 8 heteroatoms. The van der Waals surface area contributed by atoms with Gasteiger partial charge in [-0.25, -0.2) is 14.6 Å². The standard InChI is InChI=1S/C21H19ClN4O3/c1-29-20(27)14-4-8-16(9-5-14)25-21(28)26-11-10-17-18(24-12-23-17)19(26)13-2-6-15(22)7-3-13/h2-9,12,19H,10-11H2,1H3,(H,23,24)(H,25,28)/t19-/m0/s1. The second-order valence-electron chi connectivity index (χ2n) is 6.66. The lowest BCUT2D eigenvalue weighted by molar-refractivity contribution is 0.0600. The summed E-state index contributed by atoms with van der Waals surface area (Å²) in [7, 11) is 1.33. The number of imidazole rings is 1. The van der Waals surface area contributed by atoms with Crippen LogP contribution in [-0.2, 0) is 11.2 Å². The summed E-state index contributed by atoms with van der Waals surface area (Å²) >= 11 is 6.03. The smallest absolute Gasteiger partial charge is 0.337 e. The fourth-order valence-electron chi connectivity index (χ4n) is 3.48. The van der Waals surface area contributed by atoms with Crippen LogP contribution in [-0.4, -0.2) is 40.5 Å². The Balaban J connectivity index is 1.59. The van der Waals surface area contributed by atoms with Crippen LogP contribution in [0.3, 0.4) is 0 Å². The number of anilines is 1. The van der Waals surface area contributed by atoms with Gasteiger partial charge in [0.1, 0.15) is 6.04 Å². The van der Waals surface area contributed by atoms with E-state index in [1.165, 1.54) is 7.11 Å². The largest absolute Gasteiger partial charge is 0.465 e. The zero-order valence-electron chi connectivity index (χ0n) is 15.7. The monoisotopic (exact) mass is 410 g/mol. The molecule has 0 radical (unpaired) electrons. The van der Waals surface area contributed by atoms with Crippen molar-refractivity contribution in [3.63, 3.8) is 0 Å². The minimum Gasteiger partial charge on any atom is -0.465 e. The van der Waals surface area contributed by atoms with E-state index in [1.807, 2.05) is 12.1 Å². The summed E-state index contributed by atoms with van der Waals surface area (Å²) in [5.41, 5.74) is 3.79. The van der Waals surface area contributed by atoms with Gasteiger partial charge in [0.25, 0.3) is 0 Å². The Labute approximate surface area is 172 Å². The lowest BCUT2D eigenvalue weighted by atomic mass is 9.96. The molecule has 1 atom stereocenters. The Kier molecular flexibility index (Phi) is 5.22. The number of carbonyl (C=O) groups is 2. The molecule has 0 saturated carbocycles. The van der Waals surface area contributed by atoms with Gasteiger partial charge in [0.15, 0.2) is 0 Å². The van der Waals surface area contributed by atoms with Crippen LogP contribution < -0.4 is 5.32 Å². The SMILES string of the molecule is COC(=O)c1ccc(NC(=O)N2CCc3[nH]cnc3[C@@H]2c2ccc(Cl)cc2)cc1. The lowest BCUT2D eigenvalue weighted by Crippen LogP contribution is -2.43. The quantitative estimate of drug-likeness (QED) is 0.638. The summed E-state index contributed by atoms with van der Waals surface area (Å²) in [5.74, 6) is -0.423. The summed E-state index contributed by atoms with van der Waals surface area (Å²) < 4.78 is 4.70. The first-order valence-electron chi connectivity index (χ1n) is 9.10. The van der Waals surface area contributed by atoms with Crippen LogP contribution >= 0.6 is 11.6 Å². The molecule has 0 unspecified atom stereocenters. The van der Waals surface area contributed by atoms with Crippen molar-refractivity contribution < 1.29 is 14.3 Å². The van der Waals surface area contributed by atoms with Crippen molar-refractivity contribution in [3.05, 3.63) is 82.4 Å². The minimum absolute atomic E-state index is 0.246. The highest BCUT2D eigenvalue weighted by molar-refractivity contribution is 6.30. The fraction of sp³-hybridized carbons (Fsp3) is 0.190. The zero-order valence-corrected chi connectivity index (χ0v) is 16.4. The van der Waals surface area contributed by atoms with Crippen molar-refractivity contribution >= 4 is 29.3 Å². The van der Waals surface area contributed by atoms with Crippen molar-refractivity contribution in [1.82, 2.24) is 14.9 Å². The Morgan fingerprint density at radius 1 is 1.17 bits per heavy atom. The topological polar surface area (TPSA) is 87.3 Å². The van der Waals surface area contributed by atoms with Gasteiger partial charge in [-0.2, -0.15) is 0 Å². The third-order valence-corrected chi connectivity index (χ3v) is 5.18. The zero-order chi connectivity index (χ0) is 20.4. The Morgan fingerprint density at radius 3 is 2.59 bits per heavy atom. The number of urea groups is 1. The second-order valence-corrected chi connectivity index (χ2v) is 7.10. The number of ether oxygens (including phenoxy) is 1. The highest BCUT2D eigenvalue weighted by Gasteiger charge is 2.34. The normalized spacial score (nSPS) is 15.5. The number of esters is 1. The maximum atomic E-state index is 13.1. The van der Waals surface area contributed by atoms with Gasteiger partial charge in [-0.1, -0.05) is 23.7 Å². The van der Waals surface area contributed by atoms with Crippen LogP contribution in [0.1, 0.15) is 33.4 Å². The van der Waals surface area contributed by atoms with Crippen LogP contribution in [0.5, 0.6) is 0 Å². The molecule has 7 nitrogen and oxygen atoms in total. The number of aromatic nitrogens is 2. The predicted molar refractivity (Wildman–Crippen MR) is 109 cm³/mol. The van der Waals surface area contributed by atoms with Gasteiger partial charge in [0, 0.05) is 29.4 Å². The van der Waals surface area contributed by atoms with Gasteiger partial charge >= 0.3 is 12.0 Å². The number of nitrogens with zero attached hydrogens (tertiary/aromatic N) is 2. The van der Waals surface area contributed by atoms with Crippen molar-refractivity contribution in [2.75, 3.05) is 19.0 Å². The molecule has 1 aliphatic heterocycles. The van der Waals surface area contributed by atoms with Crippen LogP contribution in [0, 0.1) is 0 Å². The maximum absolute atomic E-state index is 13.1. The Morgan fingerprint density at radius 2 is 1.90 bits per heavy atom. The van der Waals surface area contributed by atoms with Crippen molar-refractivity contribution in [1.29, 1.82) is 0 Å². The van der Waals surface area contributed by atoms with Crippen LogP contribution in [0.15, 0.2) is 54.9 Å². The number of hydrogen-bond donors (Lipinski definition) is 2. The number of benzene rings is 2.